The van der Waals surface area contributed by atoms with Gasteiger partial charge in [0.2, 0.25) is 0 Å². The Hall–Kier alpha value is -2.22. The van der Waals surface area contributed by atoms with Crippen LogP contribution in [0.15, 0.2) is 109 Å². The van der Waals surface area contributed by atoms with Gasteiger partial charge in [0.15, 0.2) is 0 Å². The summed E-state index contributed by atoms with van der Waals surface area (Å²) in [4.78, 5) is 0. The van der Waals surface area contributed by atoms with Crippen LogP contribution in [0.1, 0.15) is 80.0 Å². The van der Waals surface area contributed by atoms with E-state index >= 15 is 0 Å². The third-order valence-electron chi connectivity index (χ3n) is 9.07. The molecule has 0 bridgehead atoms. The molecule has 0 spiro atoms. The molecule has 244 valence electrons. The molecular weight excluding hydrogens is 707 g/mol. The second-order valence-corrected chi connectivity index (χ2v) is 22.7. The average Bonchev–Trinajstić information content (AvgIpc) is 3.67. The van der Waals surface area contributed by atoms with Crippen LogP contribution >= 0.6 is 0 Å². The van der Waals surface area contributed by atoms with E-state index in [9.17, 15) is 0 Å². The second-order valence-electron chi connectivity index (χ2n) is 13.4. The van der Waals surface area contributed by atoms with E-state index in [2.05, 4.69) is 150 Å². The van der Waals surface area contributed by atoms with Crippen molar-refractivity contribution in [2.24, 2.45) is 0 Å². The summed E-state index contributed by atoms with van der Waals surface area (Å²) in [7, 11) is 0. The molecule has 1 aliphatic rings. The Kier molecular flexibility index (Phi) is 15.5. The Balaban J connectivity index is 0.000000226. The van der Waals surface area contributed by atoms with Crippen LogP contribution in [0, 0.1) is 13.8 Å². The third-order valence-corrected chi connectivity index (χ3v) is 9.07. The summed E-state index contributed by atoms with van der Waals surface area (Å²) in [6.45, 7) is 13.5. The molecule has 1 fully saturated rings. The van der Waals surface area contributed by atoms with Gasteiger partial charge in [-0.25, -0.2) is 0 Å². The molecular formula is C43H48Cl2SiZr-2. The zero-order valence-electron chi connectivity index (χ0n) is 28.8. The fourth-order valence-corrected chi connectivity index (χ4v) is 6.67. The summed E-state index contributed by atoms with van der Waals surface area (Å²) in [6, 6.07) is 40.4. The predicted octanol–water partition coefficient (Wildman–Crippen LogP) is 7.03. The number of benzene rings is 4. The van der Waals surface area contributed by atoms with Crippen molar-refractivity contribution in [3.63, 3.8) is 0 Å². The van der Waals surface area contributed by atoms with Crippen LogP contribution in [-0.4, -0.2) is 5.43 Å². The van der Waals surface area contributed by atoms with Crippen LogP contribution in [0.3, 0.4) is 0 Å². The van der Waals surface area contributed by atoms with E-state index in [0.29, 0.717) is 5.92 Å². The average molecular weight is 755 g/mol. The Bertz CT molecular complexity index is 1850. The summed E-state index contributed by atoms with van der Waals surface area (Å²) in [5.41, 5.74) is 11.2. The summed E-state index contributed by atoms with van der Waals surface area (Å²) in [5.74, 6) is 1.37. The normalized spacial score (nSPS) is 12.8. The second kappa shape index (κ2) is 18.5. The summed E-state index contributed by atoms with van der Waals surface area (Å²) in [6.07, 6.45) is 6.97. The number of hydrogen-bond donors (Lipinski definition) is 0. The van der Waals surface area contributed by atoms with Crippen LogP contribution in [0.5, 0.6) is 0 Å². The van der Waals surface area contributed by atoms with Gasteiger partial charge in [0.05, 0.1) is 0 Å². The molecule has 0 N–H and O–H groups in total. The molecule has 6 aromatic carbocycles. The Labute approximate surface area is 311 Å². The first-order chi connectivity index (χ1) is 21.7. The molecule has 1 saturated carbocycles. The molecule has 0 saturated heterocycles. The first kappa shape index (κ1) is 39.2. The standard InChI is InChI=1S/C23H25.C18H17.C2H6Si.2ClH.Zr/c1-16-14-22-17(2)8-13-21(23(22)15-16)20-11-9-19(10-12-20)18-6-4-3-5-7-18;1-13(2)16-11-15-9-6-10-17(18(15)12-16)14-7-4-3-5-8-14;1-3-2;;;/h8-15,18H,3-7H2,1-2H3;3-13H,1-2H3;1-2H3;2*1H;/q2*-1;;;;+2/p-2. The summed E-state index contributed by atoms with van der Waals surface area (Å²) >= 11 is 1.74. The van der Waals surface area contributed by atoms with Crippen LogP contribution in [0.4, 0.5) is 0 Å². The topological polar surface area (TPSA) is 0 Å². The zero-order valence-corrected chi connectivity index (χ0v) is 33.8. The molecule has 47 heavy (non-hydrogen) atoms. The third kappa shape index (κ3) is 10.1. The number of halogens is 2. The van der Waals surface area contributed by atoms with E-state index in [-0.39, 0.29) is 30.2 Å². The number of fused-ring (bicyclic) bond motifs is 2. The van der Waals surface area contributed by atoms with Gasteiger partial charge >= 0.3 is 41.9 Å². The number of hydrogen-bond acceptors (Lipinski definition) is 0. The predicted molar refractivity (Wildman–Crippen MR) is 197 cm³/mol. The molecule has 6 aromatic rings. The molecule has 0 amide bonds. The van der Waals surface area contributed by atoms with Crippen LogP contribution in [-0.2, 0) is 23.3 Å². The number of aryl methyl sites for hydroxylation is 2. The van der Waals surface area contributed by atoms with Gasteiger partial charge in [-0.2, -0.15) is 12.1 Å². The van der Waals surface area contributed by atoms with Crippen LogP contribution in [0.2, 0.25) is 13.1 Å². The van der Waals surface area contributed by atoms with Gasteiger partial charge < -0.3 is 24.8 Å². The quantitative estimate of drug-likeness (QED) is 0.134. The van der Waals surface area contributed by atoms with E-state index in [1.165, 1.54) is 98.2 Å². The van der Waals surface area contributed by atoms with Gasteiger partial charge in [0.25, 0.3) is 0 Å². The maximum absolute atomic E-state index is 2.37. The van der Waals surface area contributed by atoms with E-state index < -0.39 is 0 Å². The minimum Gasteiger partial charge on any atom is -1.00 e. The van der Waals surface area contributed by atoms with Crippen molar-refractivity contribution in [3.8, 4) is 22.3 Å². The van der Waals surface area contributed by atoms with Crippen molar-refractivity contribution in [1.82, 2.24) is 0 Å². The van der Waals surface area contributed by atoms with Crippen molar-refractivity contribution in [1.29, 1.82) is 0 Å². The molecule has 0 atom stereocenters. The summed E-state index contributed by atoms with van der Waals surface area (Å²) < 4.78 is 0. The maximum Gasteiger partial charge on any atom is -0.0162 e. The first-order valence-electron chi connectivity index (χ1n) is 16.7. The maximum atomic E-state index is 2.37. The smallest absolute Gasteiger partial charge is 0.0162 e. The van der Waals surface area contributed by atoms with Crippen LogP contribution < -0.4 is 24.8 Å². The van der Waals surface area contributed by atoms with Gasteiger partial charge in [0.1, 0.15) is 0 Å². The Morgan fingerprint density at radius 1 is 0.681 bits per heavy atom. The fourth-order valence-electron chi connectivity index (χ4n) is 6.67. The molecule has 1 aliphatic carbocycles. The van der Waals surface area contributed by atoms with Gasteiger partial charge in [-0.15, -0.1) is 68.6 Å². The van der Waals surface area contributed by atoms with Gasteiger partial charge in [-0.05, 0) is 41.4 Å². The van der Waals surface area contributed by atoms with Gasteiger partial charge in [-0.1, -0.05) is 125 Å². The fraction of sp³-hybridized carbons (Fsp3) is 0.302. The number of rotatable bonds is 4. The van der Waals surface area contributed by atoms with Crippen LogP contribution in [0.25, 0.3) is 43.8 Å². The van der Waals surface area contributed by atoms with Crippen molar-refractivity contribution in [2.45, 2.75) is 84.7 Å². The van der Waals surface area contributed by atoms with Crippen molar-refractivity contribution >= 4 is 27.0 Å². The van der Waals surface area contributed by atoms with Gasteiger partial charge in [-0.3, -0.25) is 0 Å². The minimum absolute atomic E-state index is 0. The first-order valence-corrected chi connectivity index (χ1v) is 22.9. The van der Waals surface area contributed by atoms with Gasteiger partial charge in [0, 0.05) is 0 Å². The van der Waals surface area contributed by atoms with E-state index in [1.54, 1.807) is 23.3 Å². The van der Waals surface area contributed by atoms with E-state index in [4.69, 9.17) is 0 Å². The molecule has 7 rings (SSSR count). The Morgan fingerprint density at radius 3 is 1.94 bits per heavy atom. The van der Waals surface area contributed by atoms with E-state index in [0.717, 1.165) is 5.92 Å². The molecule has 4 heteroatoms. The minimum atomic E-state index is 0. The largest absolute Gasteiger partial charge is 1.00 e. The molecule has 0 unspecified atom stereocenters. The molecule has 0 heterocycles. The monoisotopic (exact) mass is 752 g/mol. The molecule has 0 radical (unpaired) electrons. The van der Waals surface area contributed by atoms with E-state index in [1.807, 2.05) is 0 Å². The van der Waals surface area contributed by atoms with Crippen molar-refractivity contribution in [2.75, 3.05) is 0 Å². The Morgan fingerprint density at radius 2 is 1.30 bits per heavy atom. The van der Waals surface area contributed by atoms with Crippen molar-refractivity contribution in [3.05, 3.63) is 131 Å². The summed E-state index contributed by atoms with van der Waals surface area (Å²) in [5, 5.41) is 5.51. The molecule has 0 aliphatic heterocycles. The molecule has 0 nitrogen and oxygen atoms in total. The van der Waals surface area contributed by atoms with Crippen molar-refractivity contribution < 1.29 is 48.1 Å². The zero-order chi connectivity index (χ0) is 31.9. The molecule has 0 aromatic heterocycles. The SMILES string of the molecule is CC(C)c1cc2c(-c3ccccc3)cccc2[cH-]1.C[Si](C)=[Zr+2].Cc1cc2c(-c3ccc(C4CCCCC4)cc3)ccc(C)c2[cH-]1.[Cl-].[Cl-].